The first kappa shape index (κ1) is 31.6. The molecule has 4 N–H and O–H groups in total. The van der Waals surface area contributed by atoms with Gasteiger partial charge in [-0.3, -0.25) is 0 Å². The highest BCUT2D eigenvalue weighted by Crippen LogP contribution is 2.08. The minimum absolute atomic E-state index is 0.617. The molecular weight excluding hydrogens is 452 g/mol. The smallest absolute Gasteiger partial charge is 0.191 e. The van der Waals surface area contributed by atoms with Crippen LogP contribution in [0.2, 0.25) is 0 Å². The summed E-state index contributed by atoms with van der Waals surface area (Å²) in [6.45, 7) is 8.44. The topological polar surface area (TPSA) is 85.8 Å². The standard InChI is InChI=1S/C26H52N10/c1-33(2)16-12-27-25(28-13-17-34(3)4)31-21-23-10-9-11-24(20-23)22-32-26(29-14-18-35(5)6)30-15-19-36(7)8/h9-11,20H,12-19,21-22H2,1-8H3,(H2,27,28,31)(H2,29,30,32). The van der Waals surface area contributed by atoms with Gasteiger partial charge in [0.25, 0.3) is 0 Å². The maximum atomic E-state index is 4.83. The Morgan fingerprint density at radius 1 is 0.556 bits per heavy atom. The largest absolute Gasteiger partial charge is 0.355 e. The molecule has 0 saturated carbocycles. The maximum absolute atomic E-state index is 4.83. The predicted molar refractivity (Wildman–Crippen MR) is 155 cm³/mol. The van der Waals surface area contributed by atoms with Crippen LogP contribution >= 0.6 is 0 Å². The molecule has 0 saturated heterocycles. The quantitative estimate of drug-likeness (QED) is 0.185. The van der Waals surface area contributed by atoms with E-state index in [4.69, 9.17) is 9.98 Å². The van der Waals surface area contributed by atoms with Gasteiger partial charge in [0.15, 0.2) is 11.9 Å². The Balaban J connectivity index is 2.79. The number of hydrogen-bond donors (Lipinski definition) is 4. The van der Waals surface area contributed by atoms with Gasteiger partial charge in [-0.2, -0.15) is 0 Å². The number of nitrogens with one attached hydrogen (secondary N) is 4. The van der Waals surface area contributed by atoms with E-state index in [1.54, 1.807) is 0 Å². The average molecular weight is 505 g/mol. The summed E-state index contributed by atoms with van der Waals surface area (Å²) in [7, 11) is 16.6. The molecule has 0 aliphatic carbocycles. The minimum Gasteiger partial charge on any atom is -0.355 e. The van der Waals surface area contributed by atoms with E-state index in [0.717, 1.165) is 64.3 Å². The molecule has 0 amide bonds. The average Bonchev–Trinajstić information content (AvgIpc) is 2.79. The number of benzene rings is 1. The van der Waals surface area contributed by atoms with Gasteiger partial charge in [-0.25, -0.2) is 9.98 Å². The second kappa shape index (κ2) is 18.8. The zero-order valence-corrected chi connectivity index (χ0v) is 24.1. The Bertz CT molecular complexity index is 668. The Hall–Kier alpha value is -2.40. The summed E-state index contributed by atoms with van der Waals surface area (Å²) in [4.78, 5) is 18.3. The Labute approximate surface area is 220 Å². The number of guanidine groups is 2. The van der Waals surface area contributed by atoms with E-state index in [1.165, 1.54) is 11.1 Å². The lowest BCUT2D eigenvalue weighted by atomic mass is 10.1. The summed E-state index contributed by atoms with van der Waals surface area (Å²) >= 11 is 0. The van der Waals surface area contributed by atoms with Crippen molar-refractivity contribution in [3.8, 4) is 0 Å². The predicted octanol–water partition coefficient (Wildman–Crippen LogP) is 0.00340. The van der Waals surface area contributed by atoms with E-state index in [2.05, 4.69) is 122 Å². The molecule has 0 atom stereocenters. The fraction of sp³-hybridized carbons (Fsp3) is 0.692. The summed E-state index contributed by atoms with van der Waals surface area (Å²) in [5.74, 6) is 1.69. The first-order valence-electron chi connectivity index (χ1n) is 12.9. The monoisotopic (exact) mass is 504 g/mol. The SMILES string of the molecule is CN(C)CCNC(=NCc1cccc(CN=C(NCCN(C)C)NCCN(C)C)c1)NCCN(C)C. The molecule has 36 heavy (non-hydrogen) atoms. The third-order valence-corrected chi connectivity index (χ3v) is 5.24. The Morgan fingerprint density at radius 3 is 1.14 bits per heavy atom. The van der Waals surface area contributed by atoms with Crippen molar-refractivity contribution in [3.05, 3.63) is 35.4 Å². The van der Waals surface area contributed by atoms with Crippen LogP contribution in [-0.2, 0) is 13.1 Å². The Morgan fingerprint density at radius 2 is 0.861 bits per heavy atom. The van der Waals surface area contributed by atoms with Gasteiger partial charge in [-0.1, -0.05) is 24.3 Å². The highest BCUT2D eigenvalue weighted by Gasteiger charge is 2.03. The molecule has 206 valence electrons. The number of likely N-dealkylation sites (N-methyl/N-ethyl adjacent to an activating group) is 4. The van der Waals surface area contributed by atoms with Gasteiger partial charge in [0.2, 0.25) is 0 Å². The number of rotatable bonds is 16. The van der Waals surface area contributed by atoms with Crippen molar-refractivity contribution >= 4 is 11.9 Å². The van der Waals surface area contributed by atoms with Crippen molar-refractivity contribution < 1.29 is 0 Å². The van der Waals surface area contributed by atoms with Crippen molar-refractivity contribution in [1.29, 1.82) is 0 Å². The molecule has 1 aromatic rings. The molecule has 10 heteroatoms. The van der Waals surface area contributed by atoms with Crippen LogP contribution in [-0.4, -0.2) is 140 Å². The van der Waals surface area contributed by atoms with E-state index in [1.807, 2.05) is 0 Å². The molecule has 0 bridgehead atoms. The Kier molecular flexibility index (Phi) is 16.5. The van der Waals surface area contributed by atoms with Crippen LogP contribution in [0.3, 0.4) is 0 Å². The normalized spacial score (nSPS) is 11.2. The summed E-state index contributed by atoms with van der Waals surface area (Å²) in [5.41, 5.74) is 2.35. The lowest BCUT2D eigenvalue weighted by Gasteiger charge is -2.17. The van der Waals surface area contributed by atoms with Crippen molar-refractivity contribution in [3.63, 3.8) is 0 Å². The van der Waals surface area contributed by atoms with Crippen LogP contribution in [0.4, 0.5) is 0 Å². The summed E-state index contributed by atoms with van der Waals surface area (Å²) in [6.07, 6.45) is 0. The van der Waals surface area contributed by atoms with Crippen LogP contribution < -0.4 is 21.3 Å². The first-order chi connectivity index (χ1) is 17.2. The highest BCUT2D eigenvalue weighted by molar-refractivity contribution is 5.80. The van der Waals surface area contributed by atoms with Gasteiger partial charge in [-0.15, -0.1) is 0 Å². The summed E-state index contributed by atoms with van der Waals surface area (Å²) < 4.78 is 0. The molecule has 0 fully saturated rings. The van der Waals surface area contributed by atoms with Gasteiger partial charge >= 0.3 is 0 Å². The lowest BCUT2D eigenvalue weighted by Crippen LogP contribution is -2.42. The second-order valence-electron chi connectivity index (χ2n) is 10.1. The molecule has 0 heterocycles. The second-order valence-corrected chi connectivity index (χ2v) is 10.1. The molecule has 0 aliphatic rings. The van der Waals surface area contributed by atoms with Crippen LogP contribution in [0.25, 0.3) is 0 Å². The van der Waals surface area contributed by atoms with E-state index in [9.17, 15) is 0 Å². The van der Waals surface area contributed by atoms with Gasteiger partial charge in [0.05, 0.1) is 13.1 Å². The van der Waals surface area contributed by atoms with Crippen LogP contribution in [0, 0.1) is 0 Å². The fourth-order valence-corrected chi connectivity index (χ4v) is 3.11. The van der Waals surface area contributed by atoms with Crippen molar-refractivity contribution in [2.45, 2.75) is 13.1 Å². The fourth-order valence-electron chi connectivity index (χ4n) is 3.11. The zero-order chi connectivity index (χ0) is 26.8. The number of nitrogens with zero attached hydrogens (tertiary/aromatic N) is 6. The number of aliphatic imine (C=N–C) groups is 2. The van der Waals surface area contributed by atoms with Crippen molar-refractivity contribution in [2.75, 3.05) is 109 Å². The van der Waals surface area contributed by atoms with Gasteiger partial charge in [0.1, 0.15) is 0 Å². The molecule has 0 radical (unpaired) electrons. The first-order valence-corrected chi connectivity index (χ1v) is 12.9. The molecule has 1 rings (SSSR count). The van der Waals surface area contributed by atoms with Gasteiger partial charge in [0, 0.05) is 52.4 Å². The highest BCUT2D eigenvalue weighted by atomic mass is 15.2. The van der Waals surface area contributed by atoms with E-state index in [0.29, 0.717) is 13.1 Å². The molecule has 0 aliphatic heterocycles. The minimum atomic E-state index is 0.617. The van der Waals surface area contributed by atoms with E-state index >= 15 is 0 Å². The van der Waals surface area contributed by atoms with Crippen molar-refractivity contribution in [1.82, 2.24) is 40.9 Å². The van der Waals surface area contributed by atoms with Gasteiger partial charge < -0.3 is 40.9 Å². The molecule has 10 nitrogen and oxygen atoms in total. The third-order valence-electron chi connectivity index (χ3n) is 5.24. The maximum Gasteiger partial charge on any atom is 0.191 e. The summed E-state index contributed by atoms with van der Waals surface area (Å²) in [6, 6.07) is 8.54. The van der Waals surface area contributed by atoms with Crippen LogP contribution in [0.15, 0.2) is 34.3 Å². The van der Waals surface area contributed by atoms with E-state index < -0.39 is 0 Å². The molecule has 1 aromatic carbocycles. The molecule has 0 unspecified atom stereocenters. The van der Waals surface area contributed by atoms with Gasteiger partial charge in [-0.05, 0) is 67.5 Å². The zero-order valence-electron chi connectivity index (χ0n) is 24.1. The van der Waals surface area contributed by atoms with Crippen molar-refractivity contribution in [2.24, 2.45) is 9.98 Å². The van der Waals surface area contributed by atoms with Crippen LogP contribution in [0.5, 0.6) is 0 Å². The molecule has 0 spiro atoms. The number of hydrogen-bond acceptors (Lipinski definition) is 6. The lowest BCUT2D eigenvalue weighted by molar-refractivity contribution is 0.405. The molecular formula is C26H52N10. The summed E-state index contributed by atoms with van der Waals surface area (Å²) in [5, 5.41) is 13.8. The third kappa shape index (κ3) is 17.1. The van der Waals surface area contributed by atoms with Crippen LogP contribution in [0.1, 0.15) is 11.1 Å². The molecule has 0 aromatic heterocycles. The van der Waals surface area contributed by atoms with E-state index in [-0.39, 0.29) is 0 Å².